The SMILES string of the molecule is C.CCC(C)C(C)(c1cc(CC(=O)NCCCCC(C(=O)O)N(CC(=O)O)CC(=O)O)c(C)[nH]1)C(C)CC.CCC(C)C(C)(c1cc(CC(C)=O)c(C)[nH]1)C(C)CC.[Cu+2]. The Balaban J connectivity index is 0. The number of hydrogen-bond donors (Lipinski definition) is 6. The fraction of sp³-hybridized carbons (Fsp3) is 0.717. The topological polar surface area (TPSA) is 193 Å². The molecule has 5 atom stereocenters. The number of ketones is 1. The van der Waals surface area contributed by atoms with Crippen LogP contribution in [0.1, 0.15) is 162 Å². The zero-order chi connectivity index (χ0) is 43.8. The average molecular weight is 881 g/mol. The molecule has 13 heteroatoms. The van der Waals surface area contributed by atoms with Gasteiger partial charge in [0.05, 0.1) is 19.5 Å². The summed E-state index contributed by atoms with van der Waals surface area (Å²) in [5, 5.41) is 30.3. The predicted octanol–water partition coefficient (Wildman–Crippen LogP) is 8.86. The Morgan fingerprint density at radius 3 is 1.39 bits per heavy atom. The summed E-state index contributed by atoms with van der Waals surface area (Å²) in [4.78, 5) is 65.7. The first-order chi connectivity index (χ1) is 26.5. The van der Waals surface area contributed by atoms with Crippen molar-refractivity contribution in [2.24, 2.45) is 23.7 Å². The molecule has 59 heavy (non-hydrogen) atoms. The number of aromatic amines is 2. The summed E-state index contributed by atoms with van der Waals surface area (Å²) < 4.78 is 0. The number of carboxylic acid groups (broad SMARTS) is 3. The van der Waals surface area contributed by atoms with Crippen molar-refractivity contribution in [1.82, 2.24) is 20.2 Å². The van der Waals surface area contributed by atoms with Crippen LogP contribution in [0.5, 0.6) is 0 Å². The number of aryl methyl sites for hydroxylation is 2. The Morgan fingerprint density at radius 1 is 0.695 bits per heavy atom. The number of rotatable bonds is 25. The minimum Gasteiger partial charge on any atom is -0.480 e. The zero-order valence-electron chi connectivity index (χ0n) is 37.7. The molecule has 0 aromatic carbocycles. The van der Waals surface area contributed by atoms with Gasteiger partial charge in [0.1, 0.15) is 11.8 Å². The van der Waals surface area contributed by atoms with Gasteiger partial charge < -0.3 is 30.6 Å². The van der Waals surface area contributed by atoms with Crippen molar-refractivity contribution in [2.45, 2.75) is 172 Å². The maximum Gasteiger partial charge on any atom is 2.00 e. The third-order valence-electron chi connectivity index (χ3n) is 13.4. The summed E-state index contributed by atoms with van der Waals surface area (Å²) in [5.41, 5.74) is 6.80. The molecule has 2 aromatic rings. The van der Waals surface area contributed by atoms with E-state index in [1.165, 1.54) is 18.5 Å². The van der Waals surface area contributed by atoms with Crippen LogP contribution in [0.25, 0.3) is 0 Å². The first-order valence-corrected chi connectivity index (χ1v) is 21.1. The van der Waals surface area contributed by atoms with Crippen LogP contribution in [-0.4, -0.2) is 85.5 Å². The number of carbonyl (C=O) groups excluding carboxylic acids is 2. The number of Topliss-reactive ketones (excluding diaryl/α,β-unsaturated/α-hetero) is 1. The van der Waals surface area contributed by atoms with Gasteiger partial charge in [-0.2, -0.15) is 0 Å². The molecule has 5 unspecified atom stereocenters. The molecule has 341 valence electrons. The number of aromatic nitrogens is 2. The van der Waals surface area contributed by atoms with Crippen molar-refractivity contribution in [3.05, 3.63) is 46.0 Å². The summed E-state index contributed by atoms with van der Waals surface area (Å²) in [6.07, 6.45) is 6.19. The number of H-pyrrole nitrogens is 2. The van der Waals surface area contributed by atoms with Crippen molar-refractivity contribution in [2.75, 3.05) is 19.6 Å². The molecule has 0 bridgehead atoms. The Hall–Kier alpha value is -3.41. The Morgan fingerprint density at radius 2 is 1.07 bits per heavy atom. The third kappa shape index (κ3) is 16.2. The maximum atomic E-state index is 12.6. The van der Waals surface area contributed by atoms with Gasteiger partial charge in [-0.25, -0.2) is 0 Å². The summed E-state index contributed by atoms with van der Waals surface area (Å²) in [6.45, 7) is 27.5. The smallest absolute Gasteiger partial charge is 0.480 e. The van der Waals surface area contributed by atoms with Crippen molar-refractivity contribution in [3.63, 3.8) is 0 Å². The molecular formula is C46H80CuN4O8+2. The van der Waals surface area contributed by atoms with Crippen LogP contribution < -0.4 is 5.32 Å². The second-order valence-electron chi connectivity index (χ2n) is 16.9. The molecule has 6 N–H and O–H groups in total. The third-order valence-corrected chi connectivity index (χ3v) is 13.4. The largest absolute Gasteiger partial charge is 2.00 e. The molecule has 1 radical (unpaired) electrons. The van der Waals surface area contributed by atoms with E-state index < -0.39 is 37.0 Å². The fourth-order valence-electron chi connectivity index (χ4n) is 8.16. The number of unbranched alkanes of at least 4 members (excludes halogenated alkanes) is 1. The quantitative estimate of drug-likeness (QED) is 0.0418. The molecule has 2 aromatic heterocycles. The molecule has 0 spiro atoms. The van der Waals surface area contributed by atoms with Gasteiger partial charge in [-0.1, -0.05) is 102 Å². The van der Waals surface area contributed by atoms with Crippen molar-refractivity contribution < 1.29 is 56.4 Å². The van der Waals surface area contributed by atoms with E-state index in [4.69, 9.17) is 10.2 Å². The van der Waals surface area contributed by atoms with Crippen LogP contribution in [0, 0.1) is 37.5 Å². The minimum atomic E-state index is -1.29. The maximum absolute atomic E-state index is 12.6. The van der Waals surface area contributed by atoms with E-state index in [0.29, 0.717) is 49.5 Å². The van der Waals surface area contributed by atoms with Gasteiger partial charge in [-0.05, 0) is 87.0 Å². The molecule has 2 rings (SSSR count). The molecule has 12 nitrogen and oxygen atoms in total. The van der Waals surface area contributed by atoms with Crippen molar-refractivity contribution in [3.8, 4) is 0 Å². The number of carbonyl (C=O) groups is 5. The fourth-order valence-corrected chi connectivity index (χ4v) is 8.16. The Kier molecular flexibility index (Phi) is 26.1. The zero-order valence-corrected chi connectivity index (χ0v) is 38.6. The number of nitrogens with zero attached hydrogens (tertiary/aromatic N) is 1. The van der Waals surface area contributed by atoms with Gasteiger partial charge in [0.25, 0.3) is 0 Å². The van der Waals surface area contributed by atoms with Crippen LogP contribution >= 0.6 is 0 Å². The molecule has 0 fully saturated rings. The molecule has 0 aliphatic heterocycles. The van der Waals surface area contributed by atoms with Crippen molar-refractivity contribution >= 4 is 29.6 Å². The van der Waals surface area contributed by atoms with Gasteiger partial charge in [-0.15, -0.1) is 0 Å². The van der Waals surface area contributed by atoms with Gasteiger partial charge >= 0.3 is 35.0 Å². The molecule has 0 saturated heterocycles. The average Bonchev–Trinajstić information content (AvgIpc) is 3.70. The van der Waals surface area contributed by atoms with Gasteiger partial charge in [0.2, 0.25) is 5.91 Å². The Bertz CT molecular complexity index is 1580. The molecule has 0 aliphatic rings. The first-order valence-electron chi connectivity index (χ1n) is 21.1. The van der Waals surface area contributed by atoms with E-state index in [1.54, 1.807) is 6.92 Å². The molecule has 2 heterocycles. The van der Waals surface area contributed by atoms with E-state index in [1.807, 2.05) is 6.92 Å². The summed E-state index contributed by atoms with van der Waals surface area (Å²) >= 11 is 0. The van der Waals surface area contributed by atoms with Crippen LogP contribution in [0.4, 0.5) is 0 Å². The van der Waals surface area contributed by atoms with Gasteiger partial charge in [0, 0.05) is 46.6 Å². The molecule has 1 amide bonds. The standard InChI is InChI=1S/C27H45N3O7.C18H31NO.CH4.Cu/c1-7-17(3)27(6,18(4)8-2)22-13-20(19(5)29-22)14-23(31)28-12-10-9-11-21(26(36)37)30(15-24(32)33)16-25(34)35;1-8-12(3)18(7,13(4)9-2)17-11-16(10-14(5)20)15(6)19-17;;/h13,17-18,21,29H,7-12,14-16H2,1-6H3,(H,28,31)(H,32,33)(H,34,35)(H,36,37);11-13,19H,8-10H2,1-7H3;1H4;/q;;;+2. The number of aliphatic carboxylic acids is 3. The van der Waals surface area contributed by atoms with Crippen molar-refractivity contribution in [1.29, 1.82) is 0 Å². The monoisotopic (exact) mass is 880 g/mol. The number of hydrogen-bond acceptors (Lipinski definition) is 6. The van der Waals surface area contributed by atoms with E-state index in [-0.39, 0.29) is 59.9 Å². The number of nitrogens with one attached hydrogen (secondary N) is 3. The van der Waals surface area contributed by atoms with E-state index in [2.05, 4.69) is 104 Å². The minimum absolute atomic E-state index is 0. The second-order valence-corrected chi connectivity index (χ2v) is 16.9. The van der Waals surface area contributed by atoms with Gasteiger partial charge in [-0.3, -0.25) is 28.9 Å². The van der Waals surface area contributed by atoms with Crippen LogP contribution in [0.2, 0.25) is 0 Å². The Labute approximate surface area is 366 Å². The predicted molar refractivity (Wildman–Crippen MR) is 234 cm³/mol. The molecule has 0 aliphatic carbocycles. The van der Waals surface area contributed by atoms with Gasteiger partial charge in [0.15, 0.2) is 0 Å². The molecule has 0 saturated carbocycles. The van der Waals surface area contributed by atoms with E-state index >= 15 is 0 Å². The van der Waals surface area contributed by atoms with E-state index in [9.17, 15) is 29.1 Å². The van der Waals surface area contributed by atoms with E-state index in [0.717, 1.165) is 46.0 Å². The summed E-state index contributed by atoms with van der Waals surface area (Å²) in [7, 11) is 0. The van der Waals surface area contributed by atoms with Crippen LogP contribution in [0.15, 0.2) is 12.1 Å². The number of carboxylic acids is 3. The normalized spacial score (nSPS) is 15.7. The summed E-state index contributed by atoms with van der Waals surface area (Å²) in [5.74, 6) is -1.60. The van der Waals surface area contributed by atoms with Crippen LogP contribution in [0.3, 0.4) is 0 Å². The first kappa shape index (κ1) is 57.7. The number of amides is 1. The molecular weight excluding hydrogens is 800 g/mol. The second kappa shape index (κ2) is 26.7. The summed E-state index contributed by atoms with van der Waals surface area (Å²) in [6, 6.07) is 3.12. The van der Waals surface area contributed by atoms with Crippen LogP contribution in [-0.2, 0) is 64.7 Å².